The smallest absolute Gasteiger partial charge is 0.153 e. The van der Waals surface area contributed by atoms with Gasteiger partial charge >= 0.3 is 0 Å². The lowest BCUT2D eigenvalue weighted by Gasteiger charge is -2.27. The van der Waals surface area contributed by atoms with E-state index in [0.29, 0.717) is 12.2 Å². The summed E-state index contributed by atoms with van der Waals surface area (Å²) in [4.78, 5) is 7.05. The molecule has 4 rings (SSSR count). The summed E-state index contributed by atoms with van der Waals surface area (Å²) in [6.45, 7) is 0.252. The van der Waals surface area contributed by atoms with E-state index in [1.807, 2.05) is 23.3 Å². The summed E-state index contributed by atoms with van der Waals surface area (Å²) in [5, 5.41) is 4.52. The van der Waals surface area contributed by atoms with Crippen molar-refractivity contribution < 1.29 is 8.78 Å². The Bertz CT molecular complexity index is 882. The normalized spacial score (nSPS) is 20.9. The minimum atomic E-state index is -0.965. The Morgan fingerprint density at radius 2 is 2.12 bits per heavy atom. The van der Waals surface area contributed by atoms with Crippen molar-refractivity contribution in [3.8, 4) is 0 Å². The topological polar surface area (TPSA) is 33.4 Å². The van der Waals surface area contributed by atoms with Crippen LogP contribution < -0.4 is 4.90 Å². The Balaban J connectivity index is 1.77. The molecule has 2 atom stereocenters. The van der Waals surface area contributed by atoms with Gasteiger partial charge in [-0.3, -0.25) is 0 Å². The standard InChI is InChI=1S/C17H16F2N4S/c1-24-15-3-2-11(18)8-13(15)14-9-12(19)10-22(14)17-5-4-16-20-6-7-23(16)21-17/h2-8,12,14H,9-10H2,1H3/t12-,14+/m0/s1. The zero-order valence-corrected chi connectivity index (χ0v) is 13.9. The average molecular weight is 346 g/mol. The fourth-order valence-corrected chi connectivity index (χ4v) is 3.89. The molecule has 0 saturated carbocycles. The van der Waals surface area contributed by atoms with Gasteiger partial charge in [0, 0.05) is 23.7 Å². The first kappa shape index (κ1) is 15.4. The zero-order chi connectivity index (χ0) is 16.7. The highest BCUT2D eigenvalue weighted by Gasteiger charge is 2.35. The van der Waals surface area contributed by atoms with Crippen molar-refractivity contribution in [2.45, 2.75) is 23.5 Å². The molecule has 4 nitrogen and oxygen atoms in total. The van der Waals surface area contributed by atoms with E-state index in [4.69, 9.17) is 0 Å². The number of rotatable bonds is 3. The van der Waals surface area contributed by atoms with Gasteiger partial charge in [0.05, 0.1) is 12.6 Å². The lowest BCUT2D eigenvalue weighted by Crippen LogP contribution is -2.25. The van der Waals surface area contributed by atoms with Gasteiger partial charge in [-0.25, -0.2) is 18.3 Å². The summed E-state index contributed by atoms with van der Waals surface area (Å²) in [5.41, 5.74) is 1.55. The van der Waals surface area contributed by atoms with Crippen LogP contribution in [0.3, 0.4) is 0 Å². The molecule has 1 aliphatic rings. The molecule has 0 radical (unpaired) electrons. The number of halogens is 2. The Morgan fingerprint density at radius 3 is 2.96 bits per heavy atom. The monoisotopic (exact) mass is 346 g/mol. The van der Waals surface area contributed by atoms with Crippen molar-refractivity contribution >= 4 is 23.2 Å². The summed E-state index contributed by atoms with van der Waals surface area (Å²) >= 11 is 1.54. The molecule has 2 aromatic heterocycles. The summed E-state index contributed by atoms with van der Waals surface area (Å²) in [6.07, 6.45) is 4.74. The molecule has 3 heterocycles. The first-order chi connectivity index (χ1) is 11.7. The molecular weight excluding hydrogens is 330 g/mol. The molecule has 0 N–H and O–H groups in total. The number of nitrogens with zero attached hydrogens (tertiary/aromatic N) is 4. The van der Waals surface area contributed by atoms with Gasteiger partial charge < -0.3 is 4.90 Å². The summed E-state index contributed by atoms with van der Waals surface area (Å²) < 4.78 is 29.6. The fourth-order valence-electron chi connectivity index (χ4n) is 3.26. The van der Waals surface area contributed by atoms with Gasteiger partial charge in [-0.1, -0.05) is 0 Å². The van der Waals surface area contributed by atoms with Crippen LogP contribution in [0.25, 0.3) is 5.65 Å². The Kier molecular flexibility index (Phi) is 3.88. The van der Waals surface area contributed by atoms with E-state index in [1.54, 1.807) is 34.7 Å². The van der Waals surface area contributed by atoms with Crippen molar-refractivity contribution in [3.05, 3.63) is 54.1 Å². The van der Waals surface area contributed by atoms with E-state index < -0.39 is 6.17 Å². The maximum Gasteiger partial charge on any atom is 0.153 e. The molecular formula is C17H16F2N4S. The van der Waals surface area contributed by atoms with Crippen LogP contribution >= 0.6 is 11.8 Å². The minimum absolute atomic E-state index is 0.230. The number of fused-ring (bicyclic) bond motifs is 1. The second kappa shape index (κ2) is 6.05. The first-order valence-electron chi connectivity index (χ1n) is 7.70. The number of aromatic nitrogens is 3. The molecule has 0 spiro atoms. The molecule has 124 valence electrons. The highest BCUT2D eigenvalue weighted by Crippen LogP contribution is 2.40. The van der Waals surface area contributed by atoms with Gasteiger partial charge in [0.1, 0.15) is 17.8 Å². The lowest BCUT2D eigenvalue weighted by atomic mass is 10.0. The predicted molar refractivity (Wildman–Crippen MR) is 90.8 cm³/mol. The van der Waals surface area contributed by atoms with Crippen LogP contribution in [0.4, 0.5) is 14.6 Å². The minimum Gasteiger partial charge on any atom is -0.345 e. The van der Waals surface area contributed by atoms with Crippen LogP contribution in [0.1, 0.15) is 18.0 Å². The Labute approximate surface area is 142 Å². The fraction of sp³-hybridized carbons (Fsp3) is 0.294. The van der Waals surface area contributed by atoms with Gasteiger partial charge in [-0.05, 0) is 42.2 Å². The molecule has 24 heavy (non-hydrogen) atoms. The van der Waals surface area contributed by atoms with Gasteiger partial charge in [-0.15, -0.1) is 16.9 Å². The first-order valence-corrected chi connectivity index (χ1v) is 8.93. The van der Waals surface area contributed by atoms with E-state index in [2.05, 4.69) is 10.1 Å². The summed E-state index contributed by atoms with van der Waals surface area (Å²) in [6, 6.07) is 8.17. The Morgan fingerprint density at radius 1 is 1.25 bits per heavy atom. The van der Waals surface area contributed by atoms with E-state index in [9.17, 15) is 8.78 Å². The summed E-state index contributed by atoms with van der Waals surface area (Å²) in [5.74, 6) is 0.366. The van der Waals surface area contributed by atoms with Crippen molar-refractivity contribution in [1.29, 1.82) is 0 Å². The van der Waals surface area contributed by atoms with E-state index >= 15 is 0 Å². The quantitative estimate of drug-likeness (QED) is 0.674. The van der Waals surface area contributed by atoms with Crippen LogP contribution in [-0.2, 0) is 0 Å². The lowest BCUT2D eigenvalue weighted by molar-refractivity contribution is 0.356. The van der Waals surface area contributed by atoms with Crippen molar-refractivity contribution in [2.24, 2.45) is 0 Å². The van der Waals surface area contributed by atoms with E-state index in [-0.39, 0.29) is 18.4 Å². The molecule has 1 fully saturated rings. The van der Waals surface area contributed by atoms with Crippen LogP contribution in [0, 0.1) is 5.82 Å². The molecule has 1 aliphatic heterocycles. The average Bonchev–Trinajstić information content (AvgIpc) is 3.20. The second-order valence-corrected chi connectivity index (χ2v) is 6.66. The second-order valence-electron chi connectivity index (χ2n) is 5.81. The van der Waals surface area contributed by atoms with Crippen LogP contribution in [0.15, 0.2) is 47.6 Å². The van der Waals surface area contributed by atoms with Crippen molar-refractivity contribution in [1.82, 2.24) is 14.6 Å². The molecule has 3 aromatic rings. The predicted octanol–water partition coefficient (Wildman–Crippen LogP) is 3.88. The van der Waals surface area contributed by atoms with Crippen molar-refractivity contribution in [2.75, 3.05) is 17.7 Å². The molecule has 0 bridgehead atoms. The number of benzene rings is 1. The number of alkyl halides is 1. The third-order valence-electron chi connectivity index (χ3n) is 4.34. The SMILES string of the molecule is CSc1ccc(F)cc1[C@H]1C[C@H](F)CN1c1ccc2nccn2n1. The molecule has 1 aromatic carbocycles. The van der Waals surface area contributed by atoms with Crippen molar-refractivity contribution in [3.63, 3.8) is 0 Å². The number of anilines is 1. The number of hydrogen-bond acceptors (Lipinski definition) is 4. The van der Waals surface area contributed by atoms with E-state index in [0.717, 1.165) is 16.1 Å². The van der Waals surface area contributed by atoms with Crippen LogP contribution in [0.5, 0.6) is 0 Å². The van der Waals surface area contributed by atoms with Crippen LogP contribution in [-0.4, -0.2) is 33.6 Å². The third-order valence-corrected chi connectivity index (χ3v) is 5.15. The van der Waals surface area contributed by atoms with Crippen LogP contribution in [0.2, 0.25) is 0 Å². The zero-order valence-electron chi connectivity index (χ0n) is 13.1. The molecule has 0 aliphatic carbocycles. The third kappa shape index (κ3) is 2.62. The van der Waals surface area contributed by atoms with Gasteiger partial charge in [-0.2, -0.15) is 0 Å². The van der Waals surface area contributed by atoms with Gasteiger partial charge in [0.25, 0.3) is 0 Å². The van der Waals surface area contributed by atoms with Gasteiger partial charge in [0.15, 0.2) is 5.65 Å². The maximum atomic E-state index is 14.2. The number of hydrogen-bond donors (Lipinski definition) is 0. The van der Waals surface area contributed by atoms with Gasteiger partial charge in [0.2, 0.25) is 0 Å². The summed E-state index contributed by atoms with van der Waals surface area (Å²) in [7, 11) is 0. The molecule has 0 unspecified atom stereocenters. The number of imidazole rings is 1. The molecule has 0 amide bonds. The Hall–Kier alpha value is -2.15. The molecule has 1 saturated heterocycles. The van der Waals surface area contributed by atoms with E-state index in [1.165, 1.54) is 12.1 Å². The maximum absolute atomic E-state index is 14.2. The highest BCUT2D eigenvalue weighted by molar-refractivity contribution is 7.98. The largest absolute Gasteiger partial charge is 0.345 e. The molecule has 7 heteroatoms. The number of thioether (sulfide) groups is 1. The highest BCUT2D eigenvalue weighted by atomic mass is 32.2.